The molecule has 0 saturated heterocycles. The van der Waals surface area contributed by atoms with Crippen LogP contribution in [-0.4, -0.2) is 16.4 Å². The van der Waals surface area contributed by atoms with Gasteiger partial charge in [-0.05, 0) is 32.6 Å². The van der Waals surface area contributed by atoms with Gasteiger partial charge >= 0.3 is 0 Å². The minimum Gasteiger partial charge on any atom is -0.308 e. The van der Waals surface area contributed by atoms with Crippen molar-refractivity contribution in [3.05, 3.63) is 11.4 Å². The molecule has 1 aromatic heterocycles. The number of aryl methyl sites for hydroxylation is 1. The fraction of sp³-hybridized carbons (Fsp3) is 0.833. The Bertz CT molecular complexity index is 318. The van der Waals surface area contributed by atoms with Gasteiger partial charge in [0.1, 0.15) is 11.4 Å². The predicted molar refractivity (Wildman–Crippen MR) is 61.9 cm³/mol. The van der Waals surface area contributed by atoms with Crippen molar-refractivity contribution in [2.45, 2.75) is 58.5 Å². The first-order valence-corrected chi connectivity index (χ1v) is 6.29. The monoisotopic (exact) mass is 223 g/mol. The number of hydrogen-bond donors (Lipinski definition) is 1. The Hall–Kier alpha value is -0.900. The van der Waals surface area contributed by atoms with Gasteiger partial charge in [-0.2, -0.15) is 0 Å². The van der Waals surface area contributed by atoms with E-state index in [4.69, 9.17) is 0 Å². The number of hydrogen-bond acceptors (Lipinski definition) is 4. The van der Waals surface area contributed by atoms with Crippen molar-refractivity contribution in [3.63, 3.8) is 0 Å². The lowest BCUT2D eigenvalue weighted by Crippen LogP contribution is -2.34. The fourth-order valence-electron chi connectivity index (χ4n) is 2.47. The summed E-state index contributed by atoms with van der Waals surface area (Å²) in [4.78, 5) is 0. The highest BCUT2D eigenvalue weighted by Crippen LogP contribution is 2.26. The zero-order chi connectivity index (χ0) is 11.4. The highest BCUT2D eigenvalue weighted by molar-refractivity contribution is 5.04. The summed E-state index contributed by atoms with van der Waals surface area (Å²) < 4.78 is 4.68. The first-order chi connectivity index (χ1) is 7.77. The molecule has 90 valence electrons. The molecule has 0 aliphatic heterocycles. The van der Waals surface area contributed by atoms with Crippen LogP contribution in [0.4, 0.5) is 0 Å². The molecular formula is C12H21N3O. The predicted octanol–water partition coefficient (Wildman–Crippen LogP) is 2.44. The maximum atomic E-state index is 4.68. The summed E-state index contributed by atoms with van der Waals surface area (Å²) in [5, 5.41) is 11.2. The highest BCUT2D eigenvalue weighted by atomic mass is 16.6. The van der Waals surface area contributed by atoms with Crippen LogP contribution in [0, 0.1) is 12.8 Å². The van der Waals surface area contributed by atoms with Gasteiger partial charge in [-0.15, -0.1) is 0 Å². The molecule has 2 rings (SSSR count). The standard InChI is InChI=1S/C12H21N3O/c1-9(11-6-4-3-5-7-11)13-8-12-10(2)14-16-15-12/h9,11,13H,3-8H2,1-2H3. The summed E-state index contributed by atoms with van der Waals surface area (Å²) in [5.41, 5.74) is 1.83. The molecule has 0 aromatic carbocycles. The second-order valence-electron chi connectivity index (χ2n) is 4.86. The number of nitrogens with one attached hydrogen (secondary N) is 1. The molecule has 1 heterocycles. The van der Waals surface area contributed by atoms with Crippen molar-refractivity contribution in [1.82, 2.24) is 15.6 Å². The van der Waals surface area contributed by atoms with Gasteiger partial charge < -0.3 is 5.32 Å². The maximum absolute atomic E-state index is 4.68. The molecule has 1 unspecified atom stereocenters. The molecule has 1 aliphatic rings. The molecule has 4 nitrogen and oxygen atoms in total. The van der Waals surface area contributed by atoms with E-state index in [1.165, 1.54) is 32.1 Å². The second-order valence-corrected chi connectivity index (χ2v) is 4.86. The van der Waals surface area contributed by atoms with Crippen LogP contribution in [0.25, 0.3) is 0 Å². The zero-order valence-corrected chi connectivity index (χ0v) is 10.2. The van der Waals surface area contributed by atoms with Gasteiger partial charge in [0.05, 0.1) is 0 Å². The lowest BCUT2D eigenvalue weighted by molar-refractivity contribution is 0.275. The molecule has 0 bridgehead atoms. The number of nitrogens with zero attached hydrogens (tertiary/aromatic N) is 2. The summed E-state index contributed by atoms with van der Waals surface area (Å²) in [5.74, 6) is 0.828. The third-order valence-corrected chi connectivity index (χ3v) is 3.69. The van der Waals surface area contributed by atoms with Crippen molar-refractivity contribution in [1.29, 1.82) is 0 Å². The van der Waals surface area contributed by atoms with Gasteiger partial charge in [-0.25, -0.2) is 4.63 Å². The van der Waals surface area contributed by atoms with Gasteiger partial charge in [-0.1, -0.05) is 29.6 Å². The molecule has 16 heavy (non-hydrogen) atoms. The van der Waals surface area contributed by atoms with E-state index in [1.807, 2.05) is 6.92 Å². The van der Waals surface area contributed by atoms with Crippen LogP contribution < -0.4 is 5.32 Å². The van der Waals surface area contributed by atoms with E-state index in [2.05, 4.69) is 27.2 Å². The number of aromatic nitrogens is 2. The van der Waals surface area contributed by atoms with Gasteiger partial charge in [0.15, 0.2) is 0 Å². The number of rotatable bonds is 4. The summed E-state index contributed by atoms with van der Waals surface area (Å²) in [7, 11) is 0. The van der Waals surface area contributed by atoms with E-state index in [0.717, 1.165) is 23.9 Å². The molecule has 1 fully saturated rings. The Labute approximate surface area is 96.8 Å². The Morgan fingerprint density at radius 1 is 1.31 bits per heavy atom. The zero-order valence-electron chi connectivity index (χ0n) is 10.2. The van der Waals surface area contributed by atoms with E-state index in [-0.39, 0.29) is 0 Å². The molecule has 0 amide bonds. The first-order valence-electron chi connectivity index (χ1n) is 6.29. The van der Waals surface area contributed by atoms with Crippen molar-refractivity contribution < 1.29 is 4.63 Å². The van der Waals surface area contributed by atoms with Crippen LogP contribution in [0.1, 0.15) is 50.4 Å². The van der Waals surface area contributed by atoms with Crippen LogP contribution in [0.3, 0.4) is 0 Å². The van der Waals surface area contributed by atoms with E-state index in [9.17, 15) is 0 Å². The summed E-state index contributed by atoms with van der Waals surface area (Å²) >= 11 is 0. The van der Waals surface area contributed by atoms with Crippen LogP contribution in [0.2, 0.25) is 0 Å². The molecule has 4 heteroatoms. The van der Waals surface area contributed by atoms with Crippen LogP contribution in [0.15, 0.2) is 4.63 Å². The summed E-state index contributed by atoms with van der Waals surface area (Å²) in [6, 6.07) is 0.566. The van der Waals surface area contributed by atoms with E-state index in [0.29, 0.717) is 6.04 Å². The van der Waals surface area contributed by atoms with Crippen molar-refractivity contribution >= 4 is 0 Å². The molecule has 1 N–H and O–H groups in total. The fourth-order valence-corrected chi connectivity index (χ4v) is 2.47. The Balaban J connectivity index is 1.78. The average molecular weight is 223 g/mol. The largest absolute Gasteiger partial charge is 0.308 e. The average Bonchev–Trinajstić information content (AvgIpc) is 2.73. The van der Waals surface area contributed by atoms with Gasteiger partial charge in [-0.3, -0.25) is 0 Å². The molecule has 1 atom stereocenters. The van der Waals surface area contributed by atoms with Crippen LogP contribution in [-0.2, 0) is 6.54 Å². The first kappa shape index (κ1) is 11.6. The van der Waals surface area contributed by atoms with Crippen LogP contribution in [0.5, 0.6) is 0 Å². The van der Waals surface area contributed by atoms with Gasteiger partial charge in [0, 0.05) is 12.6 Å². The topological polar surface area (TPSA) is 51.0 Å². The molecule has 1 aliphatic carbocycles. The summed E-state index contributed by atoms with van der Waals surface area (Å²) in [6.45, 7) is 4.98. The minimum absolute atomic E-state index is 0.566. The summed E-state index contributed by atoms with van der Waals surface area (Å²) in [6.07, 6.45) is 6.92. The quantitative estimate of drug-likeness (QED) is 0.851. The van der Waals surface area contributed by atoms with E-state index < -0.39 is 0 Å². The SMILES string of the molecule is Cc1nonc1CNC(C)C1CCCCC1. The highest BCUT2D eigenvalue weighted by Gasteiger charge is 2.20. The third kappa shape index (κ3) is 2.82. The van der Waals surface area contributed by atoms with Crippen molar-refractivity contribution in [2.24, 2.45) is 5.92 Å². The molecule has 0 radical (unpaired) electrons. The third-order valence-electron chi connectivity index (χ3n) is 3.69. The molecular weight excluding hydrogens is 202 g/mol. The second kappa shape index (κ2) is 5.43. The Morgan fingerprint density at radius 2 is 2.06 bits per heavy atom. The molecule has 1 saturated carbocycles. The van der Waals surface area contributed by atoms with Crippen molar-refractivity contribution in [2.75, 3.05) is 0 Å². The Kier molecular flexibility index (Phi) is 3.93. The molecule has 0 spiro atoms. The van der Waals surface area contributed by atoms with Crippen LogP contribution >= 0.6 is 0 Å². The maximum Gasteiger partial charge on any atom is 0.121 e. The van der Waals surface area contributed by atoms with Crippen molar-refractivity contribution in [3.8, 4) is 0 Å². The van der Waals surface area contributed by atoms with Gasteiger partial charge in [0.25, 0.3) is 0 Å². The lowest BCUT2D eigenvalue weighted by atomic mass is 9.84. The van der Waals surface area contributed by atoms with E-state index in [1.54, 1.807) is 0 Å². The minimum atomic E-state index is 0.566. The smallest absolute Gasteiger partial charge is 0.121 e. The Morgan fingerprint density at radius 3 is 2.69 bits per heavy atom. The lowest BCUT2D eigenvalue weighted by Gasteiger charge is -2.28. The van der Waals surface area contributed by atoms with Gasteiger partial charge in [0.2, 0.25) is 0 Å². The normalized spacial score (nSPS) is 19.9. The molecule has 1 aromatic rings. The van der Waals surface area contributed by atoms with E-state index >= 15 is 0 Å².